The number of aliphatic imine (C=N–C) groups is 1. The minimum Gasteiger partial charge on any atom is -0.456 e. The lowest BCUT2D eigenvalue weighted by molar-refractivity contribution is 0.597. The van der Waals surface area contributed by atoms with Crippen LogP contribution in [0.25, 0.3) is 16.5 Å². The van der Waals surface area contributed by atoms with Crippen LogP contribution < -0.4 is 0 Å². The van der Waals surface area contributed by atoms with Gasteiger partial charge in [-0.05, 0) is 38.0 Å². The zero-order chi connectivity index (χ0) is 13.8. The summed E-state index contributed by atoms with van der Waals surface area (Å²) in [5.74, 6) is 0.891. The van der Waals surface area contributed by atoms with Gasteiger partial charge in [-0.25, -0.2) is 0 Å². The van der Waals surface area contributed by atoms with Gasteiger partial charge in [0.2, 0.25) is 0 Å². The Balaban J connectivity index is 2.39. The zero-order valence-electron chi connectivity index (χ0n) is 11.7. The second-order valence-corrected chi connectivity index (χ2v) is 4.65. The molecular formula is C17H19NO. The molecule has 0 N–H and O–H groups in total. The third kappa shape index (κ3) is 3.02. The molecule has 0 aliphatic rings. The minimum absolute atomic E-state index is 0.882. The summed E-state index contributed by atoms with van der Waals surface area (Å²) in [5, 5.41) is 1.12. The molecule has 19 heavy (non-hydrogen) atoms. The Bertz CT molecular complexity index is 626. The molecule has 0 aliphatic carbocycles. The fourth-order valence-electron chi connectivity index (χ4n) is 1.75. The molecule has 0 saturated heterocycles. The molecule has 0 atom stereocenters. The van der Waals surface area contributed by atoms with Gasteiger partial charge in [0.1, 0.15) is 11.3 Å². The average Bonchev–Trinajstić information content (AvgIpc) is 2.82. The maximum Gasteiger partial charge on any atom is 0.134 e. The normalized spacial score (nSPS) is 13.0. The summed E-state index contributed by atoms with van der Waals surface area (Å²) in [6.07, 6.45) is 2.76. The zero-order valence-corrected chi connectivity index (χ0v) is 11.7. The highest BCUT2D eigenvalue weighted by molar-refractivity contribution is 5.97. The van der Waals surface area contributed by atoms with Gasteiger partial charge in [0.05, 0.1) is 0 Å². The third-order valence-electron chi connectivity index (χ3n) is 3.15. The van der Waals surface area contributed by atoms with Crippen LogP contribution >= 0.6 is 0 Å². The van der Waals surface area contributed by atoms with Crippen LogP contribution in [0.4, 0.5) is 0 Å². The molecule has 0 aliphatic heterocycles. The Hall–Kier alpha value is -2.09. The van der Waals surface area contributed by atoms with Crippen LogP contribution in [0.5, 0.6) is 0 Å². The molecule has 0 bridgehead atoms. The molecule has 2 rings (SSSR count). The standard InChI is InChI=1S/C17H19NO/c1-5-14(11-18-13(4)12(2)3)17-10-15-8-6-7-9-16(15)19-17/h6-11H,2,5H2,1,3-4H3/b14-11+,18-13?. The topological polar surface area (TPSA) is 25.5 Å². The van der Waals surface area contributed by atoms with Gasteiger partial charge in [0.15, 0.2) is 0 Å². The fraction of sp³-hybridized carbons (Fsp3) is 0.235. The van der Waals surface area contributed by atoms with Crippen LogP contribution in [0.15, 0.2) is 58.1 Å². The first-order chi connectivity index (χ1) is 9.11. The van der Waals surface area contributed by atoms with Gasteiger partial charge >= 0.3 is 0 Å². The lowest BCUT2D eigenvalue weighted by atomic mass is 10.1. The average molecular weight is 253 g/mol. The number of rotatable bonds is 4. The second kappa shape index (κ2) is 5.70. The van der Waals surface area contributed by atoms with Crippen LogP contribution in [-0.2, 0) is 0 Å². The minimum atomic E-state index is 0.882. The van der Waals surface area contributed by atoms with Crippen molar-refractivity contribution in [1.29, 1.82) is 0 Å². The van der Waals surface area contributed by atoms with E-state index in [2.05, 4.69) is 30.6 Å². The van der Waals surface area contributed by atoms with E-state index in [1.54, 1.807) is 0 Å². The van der Waals surface area contributed by atoms with Gasteiger partial charge in [-0.15, -0.1) is 0 Å². The number of benzene rings is 1. The van der Waals surface area contributed by atoms with Crippen molar-refractivity contribution in [2.24, 2.45) is 4.99 Å². The second-order valence-electron chi connectivity index (χ2n) is 4.65. The van der Waals surface area contributed by atoms with Gasteiger partial charge in [-0.2, -0.15) is 0 Å². The monoisotopic (exact) mass is 253 g/mol. The molecule has 0 fully saturated rings. The molecule has 0 saturated carbocycles. The predicted molar refractivity (Wildman–Crippen MR) is 82.4 cm³/mol. The highest BCUT2D eigenvalue weighted by Gasteiger charge is 2.06. The van der Waals surface area contributed by atoms with E-state index in [-0.39, 0.29) is 0 Å². The maximum absolute atomic E-state index is 5.85. The van der Waals surface area contributed by atoms with E-state index in [1.807, 2.05) is 38.2 Å². The number of allylic oxidation sites excluding steroid dienone is 2. The van der Waals surface area contributed by atoms with Crippen molar-refractivity contribution < 1.29 is 4.42 Å². The molecule has 0 spiro atoms. The van der Waals surface area contributed by atoms with Crippen molar-refractivity contribution in [3.05, 3.63) is 54.4 Å². The Morgan fingerprint density at radius 1 is 1.32 bits per heavy atom. The summed E-state index contributed by atoms with van der Waals surface area (Å²) in [4.78, 5) is 4.44. The Morgan fingerprint density at radius 3 is 2.68 bits per heavy atom. The number of furan rings is 1. The first-order valence-corrected chi connectivity index (χ1v) is 6.50. The fourth-order valence-corrected chi connectivity index (χ4v) is 1.75. The summed E-state index contributed by atoms with van der Waals surface area (Å²) in [6.45, 7) is 9.91. The van der Waals surface area contributed by atoms with E-state index in [1.165, 1.54) is 0 Å². The van der Waals surface area contributed by atoms with Crippen LogP contribution in [0.3, 0.4) is 0 Å². The van der Waals surface area contributed by atoms with Crippen molar-refractivity contribution >= 4 is 22.3 Å². The van der Waals surface area contributed by atoms with E-state index in [9.17, 15) is 0 Å². The first kappa shape index (κ1) is 13.3. The van der Waals surface area contributed by atoms with Crippen LogP contribution in [-0.4, -0.2) is 5.71 Å². The van der Waals surface area contributed by atoms with Gasteiger partial charge in [0, 0.05) is 22.9 Å². The molecule has 1 aromatic carbocycles. The van der Waals surface area contributed by atoms with E-state index < -0.39 is 0 Å². The Morgan fingerprint density at radius 2 is 2.05 bits per heavy atom. The van der Waals surface area contributed by atoms with E-state index in [0.717, 1.165) is 40.0 Å². The quantitative estimate of drug-likeness (QED) is 0.686. The third-order valence-corrected chi connectivity index (χ3v) is 3.15. The van der Waals surface area contributed by atoms with Gasteiger partial charge < -0.3 is 4.42 Å². The number of hydrogen-bond donors (Lipinski definition) is 0. The predicted octanol–water partition coefficient (Wildman–Crippen LogP) is 5.22. The van der Waals surface area contributed by atoms with Crippen molar-refractivity contribution in [3.63, 3.8) is 0 Å². The molecule has 98 valence electrons. The van der Waals surface area contributed by atoms with Gasteiger partial charge in [-0.1, -0.05) is 31.7 Å². The van der Waals surface area contributed by atoms with Gasteiger partial charge in [-0.3, -0.25) is 4.99 Å². The molecular weight excluding hydrogens is 234 g/mol. The van der Waals surface area contributed by atoms with E-state index >= 15 is 0 Å². The van der Waals surface area contributed by atoms with Crippen molar-refractivity contribution in [2.75, 3.05) is 0 Å². The van der Waals surface area contributed by atoms with E-state index in [0.29, 0.717) is 0 Å². The largest absolute Gasteiger partial charge is 0.456 e. The van der Waals surface area contributed by atoms with E-state index in [4.69, 9.17) is 4.42 Å². The number of hydrogen-bond acceptors (Lipinski definition) is 2. The summed E-state index contributed by atoms with van der Waals surface area (Å²) in [6, 6.07) is 10.1. The molecule has 0 radical (unpaired) electrons. The summed E-state index contributed by atoms with van der Waals surface area (Å²) >= 11 is 0. The molecule has 0 amide bonds. The molecule has 0 unspecified atom stereocenters. The number of para-hydroxylation sites is 1. The van der Waals surface area contributed by atoms with Crippen molar-refractivity contribution in [3.8, 4) is 0 Å². The SMILES string of the molecule is C=C(C)C(C)=N/C=C(\CC)c1cc2ccccc2o1. The molecule has 1 heterocycles. The smallest absolute Gasteiger partial charge is 0.134 e. The Labute approximate surface area is 114 Å². The maximum atomic E-state index is 5.85. The lowest BCUT2D eigenvalue weighted by Gasteiger charge is -1.99. The highest BCUT2D eigenvalue weighted by Crippen LogP contribution is 2.26. The molecule has 2 heteroatoms. The van der Waals surface area contributed by atoms with Crippen LogP contribution in [0.1, 0.15) is 33.0 Å². The van der Waals surface area contributed by atoms with Crippen LogP contribution in [0.2, 0.25) is 0 Å². The van der Waals surface area contributed by atoms with Crippen molar-refractivity contribution in [2.45, 2.75) is 27.2 Å². The summed E-state index contributed by atoms with van der Waals surface area (Å²) < 4.78 is 5.85. The van der Waals surface area contributed by atoms with Gasteiger partial charge in [0.25, 0.3) is 0 Å². The van der Waals surface area contributed by atoms with Crippen LogP contribution in [0, 0.1) is 0 Å². The molecule has 2 aromatic rings. The number of nitrogens with zero attached hydrogens (tertiary/aromatic N) is 1. The first-order valence-electron chi connectivity index (χ1n) is 6.50. The summed E-state index contributed by atoms with van der Waals surface area (Å²) in [5.41, 5.74) is 3.94. The number of fused-ring (bicyclic) bond motifs is 1. The summed E-state index contributed by atoms with van der Waals surface area (Å²) in [7, 11) is 0. The molecule has 1 aromatic heterocycles. The highest BCUT2D eigenvalue weighted by atomic mass is 16.3. The lowest BCUT2D eigenvalue weighted by Crippen LogP contribution is -1.90. The van der Waals surface area contributed by atoms with Crippen molar-refractivity contribution in [1.82, 2.24) is 0 Å². The molecule has 2 nitrogen and oxygen atoms in total. The Kier molecular flexibility index (Phi) is 4.00.